The lowest BCUT2D eigenvalue weighted by Crippen LogP contribution is -2.37. The van der Waals surface area contributed by atoms with Crippen LogP contribution in [0.4, 0.5) is 0 Å². The minimum Gasteiger partial charge on any atom is -0.466 e. The summed E-state index contributed by atoms with van der Waals surface area (Å²) in [5, 5.41) is 0. The number of hydrogen-bond donors (Lipinski definition) is 0. The van der Waals surface area contributed by atoms with E-state index >= 15 is 0 Å². The second-order valence-corrected chi connectivity index (χ2v) is 4.15. The van der Waals surface area contributed by atoms with Crippen LogP contribution in [0, 0.1) is 11.8 Å². The molecule has 1 aliphatic rings. The topological polar surface area (TPSA) is 69.7 Å². The molecule has 5 nitrogen and oxygen atoms in total. The molecule has 0 saturated heterocycles. The Bertz CT molecular complexity index is 383. The number of carbonyl (C=O) groups excluding carboxylic acids is 3. The fourth-order valence-corrected chi connectivity index (χ4v) is 2.11. The van der Waals surface area contributed by atoms with E-state index < -0.39 is 23.8 Å². The molecular formula is C13H18O5. The third kappa shape index (κ3) is 3.18. The van der Waals surface area contributed by atoms with E-state index in [2.05, 4.69) is 0 Å². The summed E-state index contributed by atoms with van der Waals surface area (Å²) >= 11 is 0. The van der Waals surface area contributed by atoms with Gasteiger partial charge in [-0.2, -0.15) is 0 Å². The molecule has 100 valence electrons. The normalized spacial score (nSPS) is 23.3. The summed E-state index contributed by atoms with van der Waals surface area (Å²) in [5.74, 6) is -2.62. The van der Waals surface area contributed by atoms with Crippen LogP contribution in [0.15, 0.2) is 11.6 Å². The SMILES string of the molecule is CCOC(=O)C1CC(=O)C=C(C)C1C(=O)OCC. The maximum absolute atomic E-state index is 11.9. The van der Waals surface area contributed by atoms with E-state index in [4.69, 9.17) is 9.47 Å². The summed E-state index contributed by atoms with van der Waals surface area (Å²) in [7, 11) is 0. The van der Waals surface area contributed by atoms with Crippen molar-refractivity contribution in [2.24, 2.45) is 11.8 Å². The number of rotatable bonds is 4. The fourth-order valence-electron chi connectivity index (χ4n) is 2.11. The molecule has 0 spiro atoms. The molecule has 0 N–H and O–H groups in total. The zero-order valence-corrected chi connectivity index (χ0v) is 10.9. The van der Waals surface area contributed by atoms with Gasteiger partial charge in [0.25, 0.3) is 0 Å². The molecule has 0 aromatic rings. The molecule has 1 rings (SSSR count). The second kappa shape index (κ2) is 6.33. The Labute approximate surface area is 106 Å². The number of ketones is 1. The molecule has 0 aromatic carbocycles. The van der Waals surface area contributed by atoms with Gasteiger partial charge in [0.1, 0.15) is 0 Å². The van der Waals surface area contributed by atoms with Crippen LogP contribution in [0.3, 0.4) is 0 Å². The van der Waals surface area contributed by atoms with Crippen LogP contribution in [0.5, 0.6) is 0 Å². The highest BCUT2D eigenvalue weighted by Gasteiger charge is 2.40. The smallest absolute Gasteiger partial charge is 0.313 e. The van der Waals surface area contributed by atoms with E-state index in [1.165, 1.54) is 6.08 Å². The number of ether oxygens (including phenoxy) is 2. The first-order valence-electron chi connectivity index (χ1n) is 6.05. The van der Waals surface area contributed by atoms with Gasteiger partial charge in [-0.25, -0.2) is 0 Å². The lowest BCUT2D eigenvalue weighted by atomic mass is 9.78. The van der Waals surface area contributed by atoms with Crippen molar-refractivity contribution < 1.29 is 23.9 Å². The highest BCUT2D eigenvalue weighted by atomic mass is 16.5. The van der Waals surface area contributed by atoms with Crippen molar-refractivity contribution in [3.8, 4) is 0 Å². The van der Waals surface area contributed by atoms with Crippen LogP contribution in [0.1, 0.15) is 27.2 Å². The Balaban J connectivity index is 2.97. The van der Waals surface area contributed by atoms with Crippen molar-refractivity contribution in [2.75, 3.05) is 13.2 Å². The average molecular weight is 254 g/mol. The molecule has 2 atom stereocenters. The van der Waals surface area contributed by atoms with Crippen LogP contribution in [-0.2, 0) is 23.9 Å². The van der Waals surface area contributed by atoms with Crippen molar-refractivity contribution in [1.29, 1.82) is 0 Å². The predicted molar refractivity (Wildman–Crippen MR) is 63.6 cm³/mol. The van der Waals surface area contributed by atoms with E-state index in [1.54, 1.807) is 20.8 Å². The van der Waals surface area contributed by atoms with Crippen LogP contribution in [0.25, 0.3) is 0 Å². The molecule has 0 heterocycles. The molecule has 2 unspecified atom stereocenters. The Hall–Kier alpha value is -1.65. The Morgan fingerprint density at radius 2 is 1.78 bits per heavy atom. The van der Waals surface area contributed by atoms with Gasteiger partial charge in [0, 0.05) is 6.42 Å². The Morgan fingerprint density at radius 1 is 1.22 bits per heavy atom. The fraction of sp³-hybridized carbons (Fsp3) is 0.615. The van der Waals surface area contributed by atoms with E-state index in [0.29, 0.717) is 5.57 Å². The molecule has 0 aliphatic heterocycles. The minimum absolute atomic E-state index is 0.000343. The third-order valence-corrected chi connectivity index (χ3v) is 2.83. The minimum atomic E-state index is -0.763. The molecule has 0 aromatic heterocycles. The van der Waals surface area contributed by atoms with Gasteiger partial charge < -0.3 is 9.47 Å². The van der Waals surface area contributed by atoms with Gasteiger partial charge in [-0.1, -0.05) is 5.57 Å². The first-order valence-corrected chi connectivity index (χ1v) is 6.05. The van der Waals surface area contributed by atoms with Crippen molar-refractivity contribution in [2.45, 2.75) is 27.2 Å². The molecule has 18 heavy (non-hydrogen) atoms. The number of hydrogen-bond acceptors (Lipinski definition) is 5. The summed E-state index contributed by atoms with van der Waals surface area (Å²) in [4.78, 5) is 35.1. The first kappa shape index (κ1) is 14.4. The highest BCUT2D eigenvalue weighted by Crippen LogP contribution is 2.31. The summed E-state index contributed by atoms with van der Waals surface area (Å²) in [6.45, 7) is 5.51. The van der Waals surface area contributed by atoms with Crippen molar-refractivity contribution in [3.05, 3.63) is 11.6 Å². The molecule has 0 saturated carbocycles. The number of esters is 2. The molecule has 0 bridgehead atoms. The summed E-state index contributed by atoms with van der Waals surface area (Å²) < 4.78 is 9.86. The zero-order chi connectivity index (χ0) is 13.7. The summed E-state index contributed by atoms with van der Waals surface area (Å²) in [6.07, 6.45) is 1.40. The zero-order valence-electron chi connectivity index (χ0n) is 10.9. The lowest BCUT2D eigenvalue weighted by Gasteiger charge is -2.27. The average Bonchev–Trinajstić information content (AvgIpc) is 2.28. The second-order valence-electron chi connectivity index (χ2n) is 4.15. The highest BCUT2D eigenvalue weighted by molar-refractivity contribution is 5.98. The van der Waals surface area contributed by atoms with E-state index in [9.17, 15) is 14.4 Å². The number of carbonyl (C=O) groups is 3. The molecule has 1 aliphatic carbocycles. The van der Waals surface area contributed by atoms with Crippen molar-refractivity contribution in [3.63, 3.8) is 0 Å². The molecule has 0 fully saturated rings. The quantitative estimate of drug-likeness (QED) is 0.706. The van der Waals surface area contributed by atoms with Gasteiger partial charge in [-0.05, 0) is 26.8 Å². The Kier molecular flexibility index (Phi) is 5.07. The van der Waals surface area contributed by atoms with Gasteiger partial charge in [0.15, 0.2) is 5.78 Å². The largest absolute Gasteiger partial charge is 0.466 e. The van der Waals surface area contributed by atoms with Gasteiger partial charge in [-0.3, -0.25) is 14.4 Å². The maximum atomic E-state index is 11.9. The number of allylic oxidation sites excluding steroid dienone is 1. The van der Waals surface area contributed by atoms with Crippen LogP contribution < -0.4 is 0 Å². The van der Waals surface area contributed by atoms with Gasteiger partial charge in [-0.15, -0.1) is 0 Å². The van der Waals surface area contributed by atoms with Crippen LogP contribution in [-0.4, -0.2) is 30.9 Å². The molecule has 0 radical (unpaired) electrons. The van der Waals surface area contributed by atoms with Crippen LogP contribution >= 0.6 is 0 Å². The van der Waals surface area contributed by atoms with Crippen LogP contribution in [0.2, 0.25) is 0 Å². The van der Waals surface area contributed by atoms with E-state index in [1.807, 2.05) is 0 Å². The summed E-state index contributed by atoms with van der Waals surface area (Å²) in [6, 6.07) is 0. The van der Waals surface area contributed by atoms with Gasteiger partial charge in [0.05, 0.1) is 25.0 Å². The van der Waals surface area contributed by atoms with Crippen molar-refractivity contribution >= 4 is 17.7 Å². The standard InChI is InChI=1S/C13H18O5/c1-4-17-12(15)10-7-9(14)6-8(3)11(10)13(16)18-5-2/h6,10-11H,4-5,7H2,1-3H3. The molecule has 0 amide bonds. The maximum Gasteiger partial charge on any atom is 0.313 e. The molecule has 5 heteroatoms. The first-order chi connectivity index (χ1) is 8.51. The van der Waals surface area contributed by atoms with Gasteiger partial charge in [0.2, 0.25) is 0 Å². The third-order valence-electron chi connectivity index (χ3n) is 2.83. The van der Waals surface area contributed by atoms with Crippen molar-refractivity contribution in [1.82, 2.24) is 0 Å². The predicted octanol–water partition coefficient (Wildman–Crippen LogP) is 1.26. The van der Waals surface area contributed by atoms with Gasteiger partial charge >= 0.3 is 11.9 Å². The molecular weight excluding hydrogens is 236 g/mol. The van der Waals surface area contributed by atoms with E-state index in [-0.39, 0.29) is 25.4 Å². The summed E-state index contributed by atoms with van der Waals surface area (Å²) in [5.41, 5.74) is 0.558. The monoisotopic (exact) mass is 254 g/mol. The Morgan fingerprint density at radius 3 is 2.33 bits per heavy atom. The lowest BCUT2D eigenvalue weighted by molar-refractivity contribution is -0.160. The van der Waals surface area contributed by atoms with E-state index in [0.717, 1.165) is 0 Å².